The van der Waals surface area contributed by atoms with Gasteiger partial charge in [-0.1, -0.05) is 19.1 Å². The van der Waals surface area contributed by atoms with Gasteiger partial charge in [-0.15, -0.1) is 0 Å². The molecule has 0 N–H and O–H groups in total. The van der Waals surface area contributed by atoms with Crippen LogP contribution in [0.4, 0.5) is 5.69 Å². The third-order valence-electron chi connectivity index (χ3n) is 4.98. The second-order valence-corrected chi connectivity index (χ2v) is 6.81. The maximum atomic E-state index is 13.0. The first-order valence-corrected chi connectivity index (χ1v) is 10.0. The van der Waals surface area contributed by atoms with E-state index >= 15 is 0 Å². The Balaban J connectivity index is 2.87. The minimum absolute atomic E-state index is 0.0674. The van der Waals surface area contributed by atoms with E-state index in [-0.39, 0.29) is 42.4 Å². The van der Waals surface area contributed by atoms with E-state index < -0.39 is 22.8 Å². The zero-order chi connectivity index (χ0) is 23.3. The van der Waals surface area contributed by atoms with E-state index in [2.05, 4.69) is 0 Å². The van der Waals surface area contributed by atoms with Crippen molar-refractivity contribution in [2.45, 2.75) is 47.0 Å². The molecule has 0 aliphatic carbocycles. The van der Waals surface area contributed by atoms with Crippen LogP contribution in [0, 0.1) is 10.1 Å². The second-order valence-electron chi connectivity index (χ2n) is 6.81. The number of hydrogen-bond acceptors (Lipinski definition) is 7. The number of rotatable bonds is 7. The van der Waals surface area contributed by atoms with E-state index in [1.54, 1.807) is 40.7 Å². The van der Waals surface area contributed by atoms with E-state index in [0.29, 0.717) is 17.0 Å². The monoisotopic (exact) mass is 430 g/mol. The molecule has 1 amide bonds. The normalized spacial score (nSPS) is 14.5. The van der Waals surface area contributed by atoms with Crippen molar-refractivity contribution in [3.05, 3.63) is 62.5 Å². The summed E-state index contributed by atoms with van der Waals surface area (Å²) in [6, 6.07) is 5.70. The number of esters is 2. The maximum absolute atomic E-state index is 13.0. The Morgan fingerprint density at radius 3 is 1.94 bits per heavy atom. The van der Waals surface area contributed by atoms with E-state index in [1.807, 2.05) is 0 Å². The summed E-state index contributed by atoms with van der Waals surface area (Å²) in [6.07, 6.45) is 0.141. The van der Waals surface area contributed by atoms with Crippen LogP contribution in [0.5, 0.6) is 0 Å². The van der Waals surface area contributed by atoms with Gasteiger partial charge in [0, 0.05) is 29.9 Å². The van der Waals surface area contributed by atoms with Crippen LogP contribution in [-0.4, -0.2) is 40.9 Å². The average molecular weight is 430 g/mol. The third kappa shape index (κ3) is 4.65. The van der Waals surface area contributed by atoms with Crippen LogP contribution in [0.3, 0.4) is 0 Å². The smallest absolute Gasteiger partial charge is 0.336 e. The molecule has 1 aliphatic heterocycles. The summed E-state index contributed by atoms with van der Waals surface area (Å²) in [4.78, 5) is 50.7. The first-order chi connectivity index (χ1) is 14.7. The maximum Gasteiger partial charge on any atom is 0.336 e. The molecule has 0 aromatic heterocycles. The fraction of sp³-hybridized carbons (Fsp3) is 0.409. The van der Waals surface area contributed by atoms with Gasteiger partial charge in [0.25, 0.3) is 5.69 Å². The number of benzene rings is 1. The standard InChI is InChI=1S/C22H26N2O7/c1-6-17(25)23-13(4)18(21(26)30-7-2)20(19(14(23)5)22(27)31-8-3)15-10-9-11-16(12-15)24(28)29/h9-12,20H,6-8H2,1-5H3. The molecule has 0 unspecified atom stereocenters. The Labute approximate surface area is 180 Å². The molecule has 0 atom stereocenters. The quantitative estimate of drug-likeness (QED) is 0.368. The van der Waals surface area contributed by atoms with Crippen molar-refractivity contribution in [2.75, 3.05) is 13.2 Å². The van der Waals surface area contributed by atoms with Crippen LogP contribution in [0.1, 0.15) is 52.5 Å². The highest BCUT2D eigenvalue weighted by Crippen LogP contribution is 2.43. The highest BCUT2D eigenvalue weighted by atomic mass is 16.6. The molecule has 0 radical (unpaired) electrons. The first-order valence-electron chi connectivity index (χ1n) is 10.0. The molecule has 166 valence electrons. The Bertz CT molecular complexity index is 936. The van der Waals surface area contributed by atoms with Crippen molar-refractivity contribution in [2.24, 2.45) is 0 Å². The number of non-ortho nitro benzene ring substituents is 1. The minimum atomic E-state index is -0.987. The average Bonchev–Trinajstić information content (AvgIpc) is 2.73. The SMILES string of the molecule is CCOC(=O)C1=C(C)N(C(=O)CC)C(C)=C(C(=O)OCC)C1c1cccc([N+](=O)[O-])c1. The summed E-state index contributed by atoms with van der Waals surface area (Å²) in [5.74, 6) is -2.71. The van der Waals surface area contributed by atoms with Crippen molar-refractivity contribution in [1.29, 1.82) is 0 Å². The van der Waals surface area contributed by atoms with Gasteiger partial charge in [0.2, 0.25) is 5.91 Å². The van der Waals surface area contributed by atoms with Gasteiger partial charge in [0.05, 0.1) is 35.2 Å². The predicted octanol–water partition coefficient (Wildman–Crippen LogP) is 3.60. The Kier molecular flexibility index (Phi) is 7.68. The molecular weight excluding hydrogens is 404 g/mol. The van der Waals surface area contributed by atoms with E-state index in [9.17, 15) is 24.5 Å². The Hall–Kier alpha value is -3.49. The zero-order valence-electron chi connectivity index (χ0n) is 18.3. The van der Waals surface area contributed by atoms with Crippen molar-refractivity contribution < 1.29 is 28.8 Å². The number of amides is 1. The lowest BCUT2D eigenvalue weighted by atomic mass is 9.79. The van der Waals surface area contributed by atoms with Crippen molar-refractivity contribution in [3.63, 3.8) is 0 Å². The van der Waals surface area contributed by atoms with Crippen molar-refractivity contribution in [3.8, 4) is 0 Å². The van der Waals surface area contributed by atoms with Crippen LogP contribution in [0.15, 0.2) is 46.8 Å². The van der Waals surface area contributed by atoms with Gasteiger partial charge in [-0.05, 0) is 33.3 Å². The van der Waals surface area contributed by atoms with Crippen LogP contribution < -0.4 is 0 Å². The van der Waals surface area contributed by atoms with E-state index in [4.69, 9.17) is 9.47 Å². The summed E-state index contributed by atoms with van der Waals surface area (Å²) in [5, 5.41) is 11.3. The van der Waals surface area contributed by atoms with Gasteiger partial charge in [0.15, 0.2) is 0 Å². The molecule has 2 rings (SSSR count). The Morgan fingerprint density at radius 2 is 1.52 bits per heavy atom. The molecule has 1 heterocycles. The summed E-state index contributed by atoms with van der Waals surface area (Å²) in [5.41, 5.74) is 0.921. The molecule has 0 saturated heterocycles. The van der Waals surface area contributed by atoms with Crippen molar-refractivity contribution >= 4 is 23.5 Å². The molecule has 0 spiro atoms. The number of nitro groups is 1. The summed E-state index contributed by atoms with van der Waals surface area (Å²) in [6.45, 7) is 8.30. The molecule has 1 aromatic rings. The number of carbonyl (C=O) groups excluding carboxylic acids is 3. The van der Waals surface area contributed by atoms with E-state index in [1.165, 1.54) is 23.1 Å². The number of hydrogen-bond donors (Lipinski definition) is 0. The molecule has 1 aromatic carbocycles. The van der Waals surface area contributed by atoms with Crippen LogP contribution in [0.25, 0.3) is 0 Å². The van der Waals surface area contributed by atoms with Gasteiger partial charge in [-0.3, -0.25) is 19.8 Å². The topological polar surface area (TPSA) is 116 Å². The molecule has 1 aliphatic rings. The van der Waals surface area contributed by atoms with E-state index in [0.717, 1.165) is 0 Å². The lowest BCUT2D eigenvalue weighted by Crippen LogP contribution is -2.38. The molecule has 0 saturated carbocycles. The fourth-order valence-electron chi connectivity index (χ4n) is 3.69. The third-order valence-corrected chi connectivity index (χ3v) is 4.98. The van der Waals surface area contributed by atoms with Crippen LogP contribution in [0.2, 0.25) is 0 Å². The molecule has 31 heavy (non-hydrogen) atoms. The molecular formula is C22H26N2O7. The van der Waals surface area contributed by atoms with Gasteiger partial charge in [-0.2, -0.15) is 0 Å². The number of ether oxygens (including phenoxy) is 2. The number of nitrogens with zero attached hydrogens (tertiary/aromatic N) is 2. The Morgan fingerprint density at radius 1 is 1.00 bits per heavy atom. The largest absolute Gasteiger partial charge is 0.463 e. The first kappa shape index (κ1) is 23.8. The van der Waals surface area contributed by atoms with Gasteiger partial charge >= 0.3 is 11.9 Å². The van der Waals surface area contributed by atoms with Crippen molar-refractivity contribution in [1.82, 2.24) is 4.90 Å². The van der Waals surface area contributed by atoms with Crippen LogP contribution in [-0.2, 0) is 23.9 Å². The highest BCUT2D eigenvalue weighted by Gasteiger charge is 2.42. The zero-order valence-corrected chi connectivity index (χ0v) is 18.3. The van der Waals surface area contributed by atoms with Gasteiger partial charge in [-0.25, -0.2) is 9.59 Å². The molecule has 9 nitrogen and oxygen atoms in total. The minimum Gasteiger partial charge on any atom is -0.463 e. The summed E-state index contributed by atoms with van der Waals surface area (Å²) in [7, 11) is 0. The lowest BCUT2D eigenvalue weighted by Gasteiger charge is -2.36. The number of nitro benzene ring substituents is 1. The number of allylic oxidation sites excluding steroid dienone is 2. The predicted molar refractivity (Wildman–Crippen MR) is 112 cm³/mol. The number of carbonyl (C=O) groups is 3. The summed E-state index contributed by atoms with van der Waals surface area (Å²) >= 11 is 0. The second kappa shape index (κ2) is 10.0. The lowest BCUT2D eigenvalue weighted by molar-refractivity contribution is -0.384. The van der Waals surface area contributed by atoms with Gasteiger partial charge < -0.3 is 9.47 Å². The summed E-state index contributed by atoms with van der Waals surface area (Å²) < 4.78 is 10.4. The molecule has 0 fully saturated rings. The fourth-order valence-corrected chi connectivity index (χ4v) is 3.69. The molecule has 9 heteroatoms. The highest BCUT2D eigenvalue weighted by molar-refractivity contribution is 6.01. The van der Waals surface area contributed by atoms with Crippen LogP contribution >= 0.6 is 0 Å². The molecule has 0 bridgehead atoms. The van der Waals surface area contributed by atoms with Gasteiger partial charge in [0.1, 0.15) is 0 Å².